The van der Waals surface area contributed by atoms with E-state index in [4.69, 9.17) is 15.2 Å². The van der Waals surface area contributed by atoms with Crippen molar-refractivity contribution in [3.63, 3.8) is 0 Å². The molecule has 0 bridgehead atoms. The summed E-state index contributed by atoms with van der Waals surface area (Å²) >= 11 is 0. The number of methoxy groups -OCH3 is 1. The van der Waals surface area contributed by atoms with E-state index in [1.165, 1.54) is 10.5 Å². The number of nitrogens with zero attached hydrogens (tertiary/aromatic N) is 2. The van der Waals surface area contributed by atoms with Crippen molar-refractivity contribution in [1.29, 1.82) is 0 Å². The van der Waals surface area contributed by atoms with Crippen LogP contribution in [0.15, 0.2) is 41.4 Å². The lowest BCUT2D eigenvalue weighted by atomic mass is 9.88. The molecule has 0 radical (unpaired) electrons. The number of aliphatic imine (C=N–C) groups is 1. The normalized spacial score (nSPS) is 19.9. The van der Waals surface area contributed by atoms with Gasteiger partial charge in [0.2, 0.25) is 5.91 Å². The molecule has 43 heavy (non-hydrogen) atoms. The highest BCUT2D eigenvalue weighted by molar-refractivity contribution is 5.98. The van der Waals surface area contributed by atoms with Crippen LogP contribution < -0.4 is 20.5 Å². The number of nitrogens with one attached hydrogen (secondary N) is 1. The minimum atomic E-state index is -0.385. The van der Waals surface area contributed by atoms with Gasteiger partial charge in [0.1, 0.15) is 17.1 Å². The summed E-state index contributed by atoms with van der Waals surface area (Å²) in [6.07, 6.45) is 6.70. The molecule has 0 saturated heterocycles. The summed E-state index contributed by atoms with van der Waals surface area (Å²) in [7, 11) is 4.91. The number of guanidine groups is 1. The zero-order valence-corrected chi connectivity index (χ0v) is 27.0. The van der Waals surface area contributed by atoms with Crippen LogP contribution >= 0.6 is 0 Å². The van der Waals surface area contributed by atoms with Gasteiger partial charge in [0.15, 0.2) is 5.96 Å². The lowest BCUT2D eigenvalue weighted by molar-refractivity contribution is -0.127. The maximum Gasteiger partial charge on any atom is 0.251 e. The van der Waals surface area contributed by atoms with E-state index in [9.17, 15) is 9.59 Å². The molecular weight excluding hydrogens is 544 g/mol. The smallest absolute Gasteiger partial charge is 0.251 e. The van der Waals surface area contributed by atoms with Crippen LogP contribution in [0.4, 0.5) is 0 Å². The number of nitrogens with two attached hydrogens (primary N) is 1. The van der Waals surface area contributed by atoms with Gasteiger partial charge >= 0.3 is 0 Å². The van der Waals surface area contributed by atoms with Gasteiger partial charge in [0.05, 0.1) is 18.7 Å². The molecular formula is C34H50N4O5. The van der Waals surface area contributed by atoms with E-state index in [0.29, 0.717) is 24.4 Å². The van der Waals surface area contributed by atoms with E-state index in [1.54, 1.807) is 21.3 Å². The van der Waals surface area contributed by atoms with Crippen molar-refractivity contribution in [3.8, 4) is 11.5 Å². The van der Waals surface area contributed by atoms with Gasteiger partial charge in [-0.25, -0.2) is 4.99 Å². The summed E-state index contributed by atoms with van der Waals surface area (Å²) in [5.41, 5.74) is 9.46. The molecule has 2 atom stereocenters. The number of hydrogen-bond donors (Lipinski definition) is 2. The van der Waals surface area contributed by atoms with Gasteiger partial charge in [-0.05, 0) is 81.3 Å². The molecule has 0 aromatic heterocycles. The Morgan fingerprint density at radius 1 is 1.14 bits per heavy atom. The first-order valence-electron chi connectivity index (χ1n) is 15.5. The number of ether oxygens (including phenoxy) is 3. The number of fused-ring (bicyclic) bond motifs is 2. The quantitative estimate of drug-likeness (QED) is 0.404. The van der Waals surface area contributed by atoms with Crippen LogP contribution in [0.25, 0.3) is 0 Å². The van der Waals surface area contributed by atoms with Crippen LogP contribution in [0, 0.1) is 0 Å². The first kappa shape index (κ1) is 33.9. The molecule has 9 heteroatoms. The zero-order chi connectivity index (χ0) is 31.6. The minimum Gasteiger partial charge on any atom is -0.493 e. The number of rotatable bonds is 7. The highest BCUT2D eigenvalue weighted by atomic mass is 16.5. The summed E-state index contributed by atoms with van der Waals surface area (Å²) in [4.78, 5) is 31.2. The van der Waals surface area contributed by atoms with E-state index in [2.05, 4.69) is 41.0 Å². The molecule has 0 saturated carbocycles. The Kier molecular flexibility index (Phi) is 12.4. The molecule has 2 unspecified atom stereocenters. The molecule has 0 fully saturated rings. The third kappa shape index (κ3) is 9.20. The van der Waals surface area contributed by atoms with Gasteiger partial charge in [0, 0.05) is 45.2 Å². The van der Waals surface area contributed by atoms with E-state index >= 15 is 0 Å². The Bertz CT molecular complexity index is 1280. The number of carbonyl (C=O) groups excluding carboxylic acids is 2. The van der Waals surface area contributed by atoms with Crippen LogP contribution in [0.1, 0.15) is 99.3 Å². The number of hydrogen-bond acceptors (Lipinski definition) is 7. The second-order valence-electron chi connectivity index (χ2n) is 11.7. The Morgan fingerprint density at radius 2 is 1.86 bits per heavy atom. The van der Waals surface area contributed by atoms with Gasteiger partial charge in [-0.2, -0.15) is 0 Å². The molecule has 5 rings (SSSR count). The van der Waals surface area contributed by atoms with E-state index in [-0.39, 0.29) is 29.5 Å². The molecule has 2 aromatic carbocycles. The summed E-state index contributed by atoms with van der Waals surface area (Å²) in [5.74, 6) is 1.96. The number of amides is 2. The molecule has 9 nitrogen and oxygen atoms in total. The van der Waals surface area contributed by atoms with E-state index in [0.717, 1.165) is 67.8 Å². The number of unbranched alkanes of at least 4 members (excludes halogenated alkanes) is 1. The predicted molar refractivity (Wildman–Crippen MR) is 171 cm³/mol. The molecule has 0 aliphatic carbocycles. The predicted octanol–water partition coefficient (Wildman–Crippen LogP) is 5.59. The zero-order valence-electron chi connectivity index (χ0n) is 27.0. The highest BCUT2D eigenvalue weighted by Gasteiger charge is 2.35. The fourth-order valence-electron chi connectivity index (χ4n) is 5.59. The fourth-order valence-corrected chi connectivity index (χ4v) is 5.59. The number of aryl methyl sites for hydroxylation is 2. The molecule has 236 valence electrons. The van der Waals surface area contributed by atoms with Crippen molar-refractivity contribution in [2.24, 2.45) is 10.7 Å². The maximum atomic E-state index is 13.3. The monoisotopic (exact) mass is 594 g/mol. The largest absolute Gasteiger partial charge is 0.493 e. The average molecular weight is 595 g/mol. The van der Waals surface area contributed by atoms with E-state index < -0.39 is 0 Å². The van der Waals surface area contributed by atoms with Crippen molar-refractivity contribution < 1.29 is 23.8 Å². The molecule has 0 spiro atoms. The van der Waals surface area contributed by atoms with Crippen molar-refractivity contribution in [2.75, 3.05) is 27.9 Å². The van der Waals surface area contributed by atoms with Crippen molar-refractivity contribution >= 4 is 17.8 Å². The minimum absolute atomic E-state index is 0.0249. The second kappa shape index (κ2) is 15.8. The van der Waals surface area contributed by atoms with Gasteiger partial charge in [-0.3, -0.25) is 14.5 Å². The molecule has 2 aromatic rings. The first-order chi connectivity index (χ1) is 20.6. The Hall–Kier alpha value is -3.59. The molecule has 3 aliphatic heterocycles. The van der Waals surface area contributed by atoms with Gasteiger partial charge < -0.3 is 25.3 Å². The first-order valence-corrected chi connectivity index (χ1v) is 15.5. The van der Waals surface area contributed by atoms with Crippen LogP contribution in [0.3, 0.4) is 0 Å². The van der Waals surface area contributed by atoms with Crippen molar-refractivity contribution in [3.05, 3.63) is 58.7 Å². The molecule has 3 aliphatic rings. The van der Waals surface area contributed by atoms with Gasteiger partial charge in [-0.1, -0.05) is 32.4 Å². The maximum absolute atomic E-state index is 13.3. The van der Waals surface area contributed by atoms with Crippen molar-refractivity contribution in [1.82, 2.24) is 10.2 Å². The summed E-state index contributed by atoms with van der Waals surface area (Å²) in [6.45, 7) is 8.85. The van der Waals surface area contributed by atoms with Crippen LogP contribution in [0.2, 0.25) is 0 Å². The molecule has 3 N–H and O–H groups in total. The third-order valence-electron chi connectivity index (χ3n) is 7.70. The topological polar surface area (TPSA) is 115 Å². The van der Waals surface area contributed by atoms with Crippen molar-refractivity contribution in [2.45, 2.75) is 96.7 Å². The lowest BCUT2D eigenvalue weighted by Crippen LogP contribution is -2.44. The summed E-state index contributed by atoms with van der Waals surface area (Å²) < 4.78 is 16.2. The second-order valence-corrected chi connectivity index (χ2v) is 11.7. The molecule has 3 heterocycles. The van der Waals surface area contributed by atoms with Crippen LogP contribution in [-0.2, 0) is 22.4 Å². The van der Waals surface area contributed by atoms with Gasteiger partial charge in [0.25, 0.3) is 5.91 Å². The summed E-state index contributed by atoms with van der Waals surface area (Å²) in [5, 5.41) is 3.28. The number of carbonyl (C=O) groups is 2. The third-order valence-corrected chi connectivity index (χ3v) is 7.70. The Labute approximate surface area is 257 Å². The lowest BCUT2D eigenvalue weighted by Gasteiger charge is -2.38. The standard InChI is InChI=1S/C30H38N4O4.C2H6O.C2H6/c1-30(2)18-24(33-28(36)21-11-13-25-20(16-21)8-6-14-37-25)23-15-19(10-12-26(23)38-30)7-4-5-9-22-17-27(35)34(3)29(31)32-22;1-3-2;1-2/h10-13,15-16,22,24H,4-9,14,17-18H2,1-3H3,(H2,31,32)(H,33,36);1-2H3;1-2H3. The van der Waals surface area contributed by atoms with E-state index in [1.807, 2.05) is 38.1 Å². The van der Waals surface area contributed by atoms with Gasteiger partial charge in [-0.15, -0.1) is 0 Å². The highest BCUT2D eigenvalue weighted by Crippen LogP contribution is 2.40. The molecule has 2 amide bonds. The SMILES string of the molecule is CC.CN1C(=O)CC(CCCCc2ccc3c(c2)C(NC(=O)c2ccc4c(c2)CCCO4)CC(C)(C)O3)N=C1N.COC. The average Bonchev–Trinajstić information content (AvgIpc) is 2.99. The summed E-state index contributed by atoms with van der Waals surface area (Å²) in [6, 6.07) is 11.8. The fraction of sp³-hybridized carbons (Fsp3) is 0.559. The van der Waals surface area contributed by atoms with Crippen LogP contribution in [0.5, 0.6) is 11.5 Å². The Balaban J connectivity index is 0.000000953. The number of benzene rings is 2. The van der Waals surface area contributed by atoms with Crippen LogP contribution in [-0.4, -0.2) is 62.2 Å². The Morgan fingerprint density at radius 3 is 2.58 bits per heavy atom.